The summed E-state index contributed by atoms with van der Waals surface area (Å²) in [6.45, 7) is 6.73. The molecule has 0 heterocycles. The van der Waals surface area contributed by atoms with Gasteiger partial charge in [-0.3, -0.25) is 0 Å². The molecule has 0 fully saturated rings. The summed E-state index contributed by atoms with van der Waals surface area (Å²) in [6.07, 6.45) is -0.623. The molecule has 0 amide bonds. The molecule has 4 heteroatoms. The van der Waals surface area contributed by atoms with Crippen molar-refractivity contribution in [1.29, 1.82) is 0 Å². The van der Waals surface area contributed by atoms with Gasteiger partial charge >= 0.3 is 0 Å². The molecule has 29 heavy (non-hydrogen) atoms. The molecule has 0 aliphatic carbocycles. The Morgan fingerprint density at radius 3 is 2.28 bits per heavy atom. The van der Waals surface area contributed by atoms with Crippen molar-refractivity contribution in [1.82, 2.24) is 5.32 Å². The van der Waals surface area contributed by atoms with Crippen LogP contribution in [-0.2, 0) is 6.61 Å². The van der Waals surface area contributed by atoms with Crippen molar-refractivity contribution in [3.8, 4) is 5.75 Å². The van der Waals surface area contributed by atoms with E-state index >= 15 is 0 Å². The number of aliphatic hydroxyl groups excluding tert-OH is 1. The van der Waals surface area contributed by atoms with Crippen LogP contribution in [0.3, 0.4) is 0 Å². The number of aliphatic hydroxyl groups is 1. The van der Waals surface area contributed by atoms with Gasteiger partial charge in [-0.1, -0.05) is 66.7 Å². The fourth-order valence-corrected chi connectivity index (χ4v) is 3.34. The predicted molar refractivity (Wildman–Crippen MR) is 119 cm³/mol. The van der Waals surface area contributed by atoms with E-state index in [1.165, 1.54) is 16.8 Å². The third-order valence-electron chi connectivity index (χ3n) is 4.94. The van der Waals surface area contributed by atoms with Gasteiger partial charge in [0.05, 0.1) is 6.10 Å². The molecule has 4 nitrogen and oxygen atoms in total. The van der Waals surface area contributed by atoms with Gasteiger partial charge in [0.15, 0.2) is 0 Å². The average molecular weight is 391 g/mol. The van der Waals surface area contributed by atoms with Crippen LogP contribution in [0, 0.1) is 13.8 Å². The van der Waals surface area contributed by atoms with E-state index < -0.39 is 6.10 Å². The molecule has 1 unspecified atom stereocenters. The number of ether oxygens (including phenoxy) is 1. The number of para-hydroxylation sites is 2. The lowest BCUT2D eigenvalue weighted by atomic mass is 10.1. The van der Waals surface area contributed by atoms with Crippen molar-refractivity contribution in [2.24, 2.45) is 0 Å². The first-order chi connectivity index (χ1) is 14.1. The van der Waals surface area contributed by atoms with E-state index in [-0.39, 0.29) is 0 Å². The van der Waals surface area contributed by atoms with E-state index in [2.05, 4.69) is 42.7 Å². The van der Waals surface area contributed by atoms with Gasteiger partial charge in [0, 0.05) is 30.9 Å². The van der Waals surface area contributed by atoms with E-state index in [0.29, 0.717) is 13.2 Å². The first-order valence-electron chi connectivity index (χ1n) is 10.1. The maximum atomic E-state index is 10.6. The minimum atomic E-state index is -0.623. The Balaban J connectivity index is 1.47. The minimum absolute atomic E-state index is 0.472. The Kier molecular flexibility index (Phi) is 7.68. The highest BCUT2D eigenvalue weighted by Crippen LogP contribution is 2.25. The lowest BCUT2D eigenvalue weighted by molar-refractivity contribution is 0.168. The maximum Gasteiger partial charge on any atom is 0.125 e. The normalized spacial score (nSPS) is 11.8. The Morgan fingerprint density at radius 1 is 0.828 bits per heavy atom. The monoisotopic (exact) mass is 390 g/mol. The number of nitrogens with one attached hydrogen (secondary N) is 2. The first-order valence-corrected chi connectivity index (χ1v) is 10.1. The van der Waals surface area contributed by atoms with Gasteiger partial charge in [0.1, 0.15) is 12.4 Å². The Labute approximate surface area is 173 Å². The lowest BCUT2D eigenvalue weighted by Gasteiger charge is -2.17. The SMILES string of the molecule is Cc1cccc(C)c1NCCNCC(O)c1ccccc1OCc1ccccc1. The molecule has 0 radical (unpaired) electrons. The number of rotatable bonds is 10. The summed E-state index contributed by atoms with van der Waals surface area (Å²) in [7, 11) is 0. The van der Waals surface area contributed by atoms with E-state index in [9.17, 15) is 5.11 Å². The number of hydrogen-bond acceptors (Lipinski definition) is 4. The van der Waals surface area contributed by atoms with Crippen LogP contribution in [0.1, 0.15) is 28.4 Å². The van der Waals surface area contributed by atoms with E-state index in [4.69, 9.17) is 4.74 Å². The van der Waals surface area contributed by atoms with Crippen LogP contribution < -0.4 is 15.4 Å². The van der Waals surface area contributed by atoms with Gasteiger partial charge in [-0.2, -0.15) is 0 Å². The zero-order valence-electron chi connectivity index (χ0n) is 17.2. The van der Waals surface area contributed by atoms with Crippen molar-refractivity contribution in [2.45, 2.75) is 26.6 Å². The summed E-state index contributed by atoms with van der Waals surface area (Å²) in [4.78, 5) is 0. The molecule has 0 spiro atoms. The smallest absolute Gasteiger partial charge is 0.125 e. The van der Waals surface area contributed by atoms with Crippen LogP contribution in [0.25, 0.3) is 0 Å². The lowest BCUT2D eigenvalue weighted by Crippen LogP contribution is -2.27. The third-order valence-corrected chi connectivity index (χ3v) is 4.94. The van der Waals surface area contributed by atoms with Gasteiger partial charge in [-0.25, -0.2) is 0 Å². The molecular formula is C25H30N2O2. The Morgan fingerprint density at radius 2 is 1.52 bits per heavy atom. The summed E-state index contributed by atoms with van der Waals surface area (Å²) in [6, 6.07) is 24.0. The Hall–Kier alpha value is -2.82. The van der Waals surface area contributed by atoms with Crippen molar-refractivity contribution in [3.05, 3.63) is 95.1 Å². The third kappa shape index (κ3) is 6.08. The van der Waals surface area contributed by atoms with Gasteiger partial charge in [0.2, 0.25) is 0 Å². The molecule has 0 saturated carbocycles. The maximum absolute atomic E-state index is 10.6. The van der Waals surface area contributed by atoms with Crippen molar-refractivity contribution in [3.63, 3.8) is 0 Å². The van der Waals surface area contributed by atoms with Crippen LogP contribution in [0.4, 0.5) is 5.69 Å². The topological polar surface area (TPSA) is 53.5 Å². The average Bonchev–Trinajstić information content (AvgIpc) is 2.74. The van der Waals surface area contributed by atoms with Crippen LogP contribution in [0.5, 0.6) is 5.75 Å². The fraction of sp³-hybridized carbons (Fsp3) is 0.280. The molecule has 3 rings (SSSR count). The molecule has 0 saturated heterocycles. The molecule has 0 aliphatic rings. The second-order valence-corrected chi connectivity index (χ2v) is 7.23. The van der Waals surface area contributed by atoms with Gasteiger partial charge in [0.25, 0.3) is 0 Å². The van der Waals surface area contributed by atoms with Crippen LogP contribution >= 0.6 is 0 Å². The second-order valence-electron chi connectivity index (χ2n) is 7.23. The molecule has 0 bridgehead atoms. The van der Waals surface area contributed by atoms with E-state index in [1.807, 2.05) is 54.6 Å². The van der Waals surface area contributed by atoms with Crippen molar-refractivity contribution in [2.75, 3.05) is 25.0 Å². The second kappa shape index (κ2) is 10.6. The summed E-state index contributed by atoms with van der Waals surface area (Å²) in [5.41, 5.74) is 5.59. The highest BCUT2D eigenvalue weighted by atomic mass is 16.5. The summed E-state index contributed by atoms with van der Waals surface area (Å²) in [5, 5.41) is 17.4. The standard InChI is InChI=1S/C25H30N2O2/c1-19-9-8-10-20(2)25(19)27-16-15-26-17-23(28)22-13-6-7-14-24(22)29-18-21-11-4-3-5-12-21/h3-14,23,26-28H,15-18H2,1-2H3. The molecule has 3 aromatic rings. The van der Waals surface area contributed by atoms with Gasteiger partial charge in [-0.05, 0) is 36.6 Å². The fourth-order valence-electron chi connectivity index (χ4n) is 3.34. The highest BCUT2D eigenvalue weighted by Gasteiger charge is 2.13. The predicted octanol–water partition coefficient (Wildman–Crippen LogP) is 4.62. The molecular weight excluding hydrogens is 360 g/mol. The van der Waals surface area contributed by atoms with Crippen molar-refractivity contribution >= 4 is 5.69 Å². The number of benzene rings is 3. The number of hydrogen-bond donors (Lipinski definition) is 3. The number of anilines is 1. The molecule has 152 valence electrons. The van der Waals surface area contributed by atoms with Gasteiger partial charge < -0.3 is 20.5 Å². The zero-order valence-corrected chi connectivity index (χ0v) is 17.2. The summed E-state index contributed by atoms with van der Waals surface area (Å²) >= 11 is 0. The molecule has 1 atom stereocenters. The largest absolute Gasteiger partial charge is 0.489 e. The van der Waals surface area contributed by atoms with Crippen LogP contribution in [-0.4, -0.2) is 24.7 Å². The van der Waals surface area contributed by atoms with Crippen molar-refractivity contribution < 1.29 is 9.84 Å². The summed E-state index contributed by atoms with van der Waals surface area (Å²) < 4.78 is 5.96. The van der Waals surface area contributed by atoms with Gasteiger partial charge in [-0.15, -0.1) is 0 Å². The quantitative estimate of drug-likeness (QED) is 0.442. The zero-order chi connectivity index (χ0) is 20.5. The summed E-state index contributed by atoms with van der Waals surface area (Å²) in [5.74, 6) is 0.722. The molecule has 0 aliphatic heterocycles. The molecule has 3 aromatic carbocycles. The number of aryl methyl sites for hydroxylation is 2. The first kappa shape index (κ1) is 20.9. The van der Waals surface area contributed by atoms with Crippen LogP contribution in [0.15, 0.2) is 72.8 Å². The molecule has 3 N–H and O–H groups in total. The minimum Gasteiger partial charge on any atom is -0.489 e. The molecule has 0 aromatic heterocycles. The highest BCUT2D eigenvalue weighted by molar-refractivity contribution is 5.56. The van der Waals surface area contributed by atoms with E-state index in [1.54, 1.807) is 0 Å². The Bertz CT molecular complexity index is 876. The van der Waals surface area contributed by atoms with Crippen LogP contribution in [0.2, 0.25) is 0 Å². The van der Waals surface area contributed by atoms with E-state index in [0.717, 1.165) is 30.0 Å².